The maximum absolute atomic E-state index is 12.5. The molecule has 0 bridgehead atoms. The number of unbranched alkanes of at least 4 members (excludes halogenated alkanes) is 5. The minimum Gasteiger partial charge on any atom is -0.460 e. The Morgan fingerprint density at radius 2 is 1.53 bits per heavy atom. The van der Waals surface area contributed by atoms with Crippen LogP contribution in [0, 0.1) is 0 Å². The van der Waals surface area contributed by atoms with Crippen molar-refractivity contribution in [2.75, 3.05) is 42.3 Å². The van der Waals surface area contributed by atoms with Crippen LogP contribution in [0.3, 0.4) is 0 Å². The molecule has 4 N–H and O–H groups in total. The summed E-state index contributed by atoms with van der Waals surface area (Å²) in [5, 5.41) is 0. The molecule has 0 spiro atoms. The van der Waals surface area contributed by atoms with E-state index in [0.717, 1.165) is 18.5 Å². The van der Waals surface area contributed by atoms with Gasteiger partial charge in [-0.25, -0.2) is 13.2 Å². The molecule has 8 heteroatoms. The van der Waals surface area contributed by atoms with Crippen LogP contribution in [0.25, 0.3) is 0 Å². The molecule has 0 aromatic heterocycles. The Bertz CT molecular complexity index is 955. The van der Waals surface area contributed by atoms with Crippen molar-refractivity contribution in [3.8, 4) is 0 Å². The summed E-state index contributed by atoms with van der Waals surface area (Å²) in [6, 6.07) is 11.4. The van der Waals surface area contributed by atoms with Crippen molar-refractivity contribution in [1.82, 2.24) is 0 Å². The van der Waals surface area contributed by atoms with Gasteiger partial charge in [0.25, 0.3) is 0 Å². The molecule has 2 aromatic rings. The van der Waals surface area contributed by atoms with Crippen LogP contribution in [0.1, 0.15) is 55.8 Å². The van der Waals surface area contributed by atoms with E-state index in [1.54, 1.807) is 30.3 Å². The van der Waals surface area contributed by atoms with Crippen molar-refractivity contribution in [3.63, 3.8) is 0 Å². The molecule has 0 aliphatic carbocycles. The zero-order chi connectivity index (χ0) is 23.6. The summed E-state index contributed by atoms with van der Waals surface area (Å²) in [6.07, 6.45) is 6.27. The number of carbonyl (C=O) groups excluding carboxylic acids is 1. The summed E-state index contributed by atoms with van der Waals surface area (Å²) in [7, 11) is -1.42. The summed E-state index contributed by atoms with van der Waals surface area (Å²) in [4.78, 5) is 14.4. The zero-order valence-corrected chi connectivity index (χ0v) is 19.9. The topological polar surface area (TPSA) is 116 Å². The van der Waals surface area contributed by atoms with Gasteiger partial charge >= 0.3 is 5.97 Å². The SMILES string of the molecule is CCCCCCCCS(=O)(=O)c1ccc(N(C)CCOC(=O)c2cc(N)cc(N)c2)cc1. The van der Waals surface area contributed by atoms with Gasteiger partial charge in [-0.15, -0.1) is 0 Å². The largest absolute Gasteiger partial charge is 0.460 e. The van der Waals surface area contributed by atoms with Crippen LogP contribution in [-0.4, -0.2) is 40.3 Å². The number of carbonyl (C=O) groups is 1. The van der Waals surface area contributed by atoms with Crippen LogP contribution in [0.5, 0.6) is 0 Å². The highest BCUT2D eigenvalue weighted by Gasteiger charge is 2.15. The molecule has 0 aliphatic rings. The molecule has 2 aromatic carbocycles. The van der Waals surface area contributed by atoms with E-state index in [-0.39, 0.29) is 12.4 Å². The van der Waals surface area contributed by atoms with Crippen molar-refractivity contribution in [1.29, 1.82) is 0 Å². The third-order valence-corrected chi connectivity index (χ3v) is 7.09. The highest BCUT2D eigenvalue weighted by molar-refractivity contribution is 7.91. The Labute approximate surface area is 191 Å². The zero-order valence-electron chi connectivity index (χ0n) is 19.0. The Kier molecular flexibility index (Phi) is 9.84. The maximum Gasteiger partial charge on any atom is 0.338 e. The van der Waals surface area contributed by atoms with Crippen molar-refractivity contribution in [3.05, 3.63) is 48.0 Å². The van der Waals surface area contributed by atoms with E-state index in [2.05, 4.69) is 6.92 Å². The molecule has 0 unspecified atom stereocenters. The average Bonchev–Trinajstić information content (AvgIpc) is 2.75. The molecule has 0 saturated carbocycles. The van der Waals surface area contributed by atoms with E-state index in [4.69, 9.17) is 16.2 Å². The fraction of sp³-hybridized carbons (Fsp3) is 0.458. The van der Waals surface area contributed by atoms with Crippen LogP contribution >= 0.6 is 0 Å². The minimum absolute atomic E-state index is 0.169. The number of sulfone groups is 1. The third-order valence-electron chi connectivity index (χ3n) is 5.28. The van der Waals surface area contributed by atoms with Gasteiger partial charge in [-0.05, 0) is 48.9 Å². The number of nitrogens with two attached hydrogens (primary N) is 2. The Morgan fingerprint density at radius 1 is 0.938 bits per heavy atom. The molecule has 0 heterocycles. The normalized spacial score (nSPS) is 11.3. The molecule has 0 atom stereocenters. The first-order chi connectivity index (χ1) is 15.2. The summed E-state index contributed by atoms with van der Waals surface area (Å²) < 4.78 is 30.4. The van der Waals surface area contributed by atoms with Gasteiger partial charge in [-0.3, -0.25) is 0 Å². The molecule has 0 saturated heterocycles. The van der Waals surface area contributed by atoms with E-state index >= 15 is 0 Å². The molecule has 7 nitrogen and oxygen atoms in total. The number of rotatable bonds is 13. The predicted molar refractivity (Wildman–Crippen MR) is 131 cm³/mol. The lowest BCUT2D eigenvalue weighted by Crippen LogP contribution is -2.24. The molecule has 0 fully saturated rings. The van der Waals surface area contributed by atoms with E-state index in [1.807, 2.05) is 11.9 Å². The van der Waals surface area contributed by atoms with Crippen LogP contribution in [0.2, 0.25) is 0 Å². The van der Waals surface area contributed by atoms with Crippen LogP contribution < -0.4 is 16.4 Å². The van der Waals surface area contributed by atoms with Crippen molar-refractivity contribution >= 4 is 32.9 Å². The van der Waals surface area contributed by atoms with Gasteiger partial charge in [-0.2, -0.15) is 0 Å². The third kappa shape index (κ3) is 8.07. The smallest absolute Gasteiger partial charge is 0.338 e. The summed E-state index contributed by atoms with van der Waals surface area (Å²) in [6.45, 7) is 2.78. The quantitative estimate of drug-likeness (QED) is 0.260. The average molecular weight is 462 g/mol. The number of anilines is 3. The first kappa shape index (κ1) is 25.5. The lowest BCUT2D eigenvalue weighted by molar-refractivity contribution is 0.0516. The molecule has 0 amide bonds. The van der Waals surface area contributed by atoms with Crippen LogP contribution in [0.15, 0.2) is 47.4 Å². The Morgan fingerprint density at radius 3 is 2.16 bits per heavy atom. The molecule has 32 heavy (non-hydrogen) atoms. The molecular weight excluding hydrogens is 426 g/mol. The van der Waals surface area contributed by atoms with Crippen molar-refractivity contribution < 1.29 is 17.9 Å². The van der Waals surface area contributed by atoms with Crippen LogP contribution in [-0.2, 0) is 14.6 Å². The number of hydrogen-bond acceptors (Lipinski definition) is 7. The molecule has 2 rings (SSSR count). The van der Waals surface area contributed by atoms with Gasteiger partial charge in [0.2, 0.25) is 0 Å². The van der Waals surface area contributed by atoms with Gasteiger partial charge in [0.15, 0.2) is 9.84 Å². The van der Waals surface area contributed by atoms with Gasteiger partial charge in [-0.1, -0.05) is 39.0 Å². The minimum atomic E-state index is -3.27. The number of hydrogen-bond donors (Lipinski definition) is 2. The van der Waals surface area contributed by atoms with Gasteiger partial charge in [0.05, 0.1) is 22.8 Å². The van der Waals surface area contributed by atoms with Crippen molar-refractivity contribution in [2.24, 2.45) is 0 Å². The summed E-state index contributed by atoms with van der Waals surface area (Å²) in [5.41, 5.74) is 13.4. The van der Waals surface area contributed by atoms with E-state index in [1.165, 1.54) is 31.4 Å². The number of benzene rings is 2. The number of likely N-dealkylation sites (N-methyl/N-ethyl adjacent to an activating group) is 1. The molecule has 0 aliphatic heterocycles. The second kappa shape index (κ2) is 12.3. The highest BCUT2D eigenvalue weighted by atomic mass is 32.2. The van der Waals surface area contributed by atoms with Gasteiger partial charge in [0.1, 0.15) is 6.61 Å². The number of nitrogens with zero attached hydrogens (tertiary/aromatic N) is 1. The van der Waals surface area contributed by atoms with Gasteiger partial charge < -0.3 is 21.1 Å². The van der Waals surface area contributed by atoms with Crippen molar-refractivity contribution in [2.45, 2.75) is 50.3 Å². The standard InChI is InChI=1S/C24H35N3O4S/c1-3-4-5-6-7-8-15-32(29,30)23-11-9-22(10-12-23)27(2)13-14-31-24(28)19-16-20(25)18-21(26)17-19/h9-12,16-18H,3-8,13-15,25-26H2,1-2H3. The van der Waals surface area contributed by atoms with E-state index in [0.29, 0.717) is 34.8 Å². The highest BCUT2D eigenvalue weighted by Crippen LogP contribution is 2.20. The maximum atomic E-state index is 12.5. The number of ether oxygens (including phenoxy) is 1. The monoisotopic (exact) mass is 461 g/mol. The number of esters is 1. The number of nitrogen functional groups attached to an aromatic ring is 2. The summed E-state index contributed by atoms with van der Waals surface area (Å²) in [5.74, 6) is -0.313. The van der Waals surface area contributed by atoms with Crippen LogP contribution in [0.4, 0.5) is 17.1 Å². The molecule has 0 radical (unpaired) electrons. The first-order valence-electron chi connectivity index (χ1n) is 11.1. The van der Waals surface area contributed by atoms with E-state index in [9.17, 15) is 13.2 Å². The Hall–Kier alpha value is -2.74. The second-order valence-electron chi connectivity index (χ2n) is 8.03. The lowest BCUT2D eigenvalue weighted by Gasteiger charge is -2.19. The van der Waals surface area contributed by atoms with Gasteiger partial charge in [0, 0.05) is 24.1 Å². The first-order valence-corrected chi connectivity index (χ1v) is 12.8. The van der Waals surface area contributed by atoms with E-state index < -0.39 is 15.8 Å². The fourth-order valence-electron chi connectivity index (χ4n) is 3.38. The Balaban J connectivity index is 1.82. The summed E-state index contributed by atoms with van der Waals surface area (Å²) >= 11 is 0. The predicted octanol–water partition coefficient (Wildman–Crippen LogP) is 4.28. The lowest BCUT2D eigenvalue weighted by atomic mass is 10.1. The molecule has 176 valence electrons. The molecular formula is C24H35N3O4S. The fourth-order valence-corrected chi connectivity index (χ4v) is 4.75. The second-order valence-corrected chi connectivity index (χ2v) is 10.1.